The fourth-order valence-corrected chi connectivity index (χ4v) is 3.84. The van der Waals surface area contributed by atoms with Gasteiger partial charge in [0.15, 0.2) is 9.93 Å². The number of para-hydroxylation sites is 1. The van der Waals surface area contributed by atoms with Crippen molar-refractivity contribution in [2.24, 2.45) is 4.99 Å². The van der Waals surface area contributed by atoms with E-state index in [4.69, 9.17) is 5.41 Å². The Balaban J connectivity index is 1.83. The van der Waals surface area contributed by atoms with Gasteiger partial charge in [-0.3, -0.25) is 10.4 Å². The Labute approximate surface area is 133 Å². The highest BCUT2D eigenvalue weighted by atomic mass is 32.1. The summed E-state index contributed by atoms with van der Waals surface area (Å²) in [6.07, 6.45) is 5.29. The molecule has 0 saturated carbocycles. The molecule has 22 heavy (non-hydrogen) atoms. The van der Waals surface area contributed by atoms with Crippen LogP contribution in [0.4, 0.5) is 5.69 Å². The summed E-state index contributed by atoms with van der Waals surface area (Å²) in [5.74, 6) is 0.0373. The van der Waals surface area contributed by atoms with E-state index in [9.17, 15) is 5.11 Å². The predicted octanol–water partition coefficient (Wildman–Crippen LogP) is 3.44. The minimum Gasteiger partial charge on any atom is -0.493 e. The number of hydrogen-bond acceptors (Lipinski definition) is 6. The number of aliphatic imine (C=N–C) groups is 1. The van der Waals surface area contributed by atoms with Crippen LogP contribution in [-0.4, -0.2) is 20.9 Å². The molecule has 3 aromatic rings. The van der Waals surface area contributed by atoms with Crippen molar-refractivity contribution >= 4 is 46.2 Å². The summed E-state index contributed by atoms with van der Waals surface area (Å²) in [5, 5.41) is 20.9. The Hall–Kier alpha value is -2.51. The molecule has 5 nitrogen and oxygen atoms in total. The average molecular weight is 326 g/mol. The van der Waals surface area contributed by atoms with Gasteiger partial charge in [0.25, 0.3) is 0 Å². The number of hydrogen-bond donors (Lipinski definition) is 2. The van der Waals surface area contributed by atoms with Crippen LogP contribution in [0.25, 0.3) is 16.8 Å². The summed E-state index contributed by atoms with van der Waals surface area (Å²) in [6, 6.07) is 7.85. The highest BCUT2D eigenvalue weighted by molar-refractivity contribution is 7.13. The highest BCUT2D eigenvalue weighted by Crippen LogP contribution is 2.34. The smallest absolute Gasteiger partial charge is 0.217 e. The molecule has 0 amide bonds. The Morgan fingerprint density at radius 3 is 2.95 bits per heavy atom. The maximum absolute atomic E-state index is 10.4. The van der Waals surface area contributed by atoms with Crippen LogP contribution >= 0.6 is 22.7 Å². The van der Waals surface area contributed by atoms with Gasteiger partial charge in [-0.25, -0.2) is 9.55 Å². The molecule has 0 atom stereocenters. The molecule has 2 N–H and O–H groups in total. The lowest BCUT2D eigenvalue weighted by Gasteiger charge is -2.00. The standard InChI is InChI=1S/C15H10N4OS2/c16-14-19(15-17-5-6-21-15)13(20)12(22-14)7-9-8-18-11-4-2-1-3-10(9)11/h1-8,16,20H/b9-7+,16-14?. The van der Waals surface area contributed by atoms with Gasteiger partial charge in [-0.05, 0) is 12.1 Å². The number of benzene rings is 1. The molecule has 0 radical (unpaired) electrons. The normalized spacial score (nSPS) is 14.6. The van der Waals surface area contributed by atoms with Crippen molar-refractivity contribution < 1.29 is 5.11 Å². The van der Waals surface area contributed by atoms with Crippen LogP contribution in [0, 0.1) is 5.41 Å². The molecule has 4 rings (SSSR count). The van der Waals surface area contributed by atoms with Crippen molar-refractivity contribution in [3.8, 4) is 11.0 Å². The lowest BCUT2D eigenvalue weighted by molar-refractivity contribution is 0.438. The molecule has 0 spiro atoms. The topological polar surface area (TPSA) is 74.3 Å². The van der Waals surface area contributed by atoms with Crippen molar-refractivity contribution in [1.29, 1.82) is 5.41 Å². The van der Waals surface area contributed by atoms with E-state index in [1.165, 1.54) is 27.2 Å². The highest BCUT2D eigenvalue weighted by Gasteiger charge is 2.16. The van der Waals surface area contributed by atoms with E-state index < -0.39 is 0 Å². The van der Waals surface area contributed by atoms with Crippen LogP contribution in [0.1, 0.15) is 10.4 Å². The van der Waals surface area contributed by atoms with Gasteiger partial charge in [0.1, 0.15) is 0 Å². The van der Waals surface area contributed by atoms with Crippen molar-refractivity contribution in [3.05, 3.63) is 51.1 Å². The first-order chi connectivity index (χ1) is 10.7. The van der Waals surface area contributed by atoms with Crippen LogP contribution in [0.2, 0.25) is 0 Å². The molecule has 2 aromatic heterocycles. The zero-order chi connectivity index (χ0) is 15.1. The van der Waals surface area contributed by atoms with Gasteiger partial charge in [0, 0.05) is 28.9 Å². The number of aromatic hydroxyl groups is 1. The maximum Gasteiger partial charge on any atom is 0.217 e. The van der Waals surface area contributed by atoms with Gasteiger partial charge in [-0.1, -0.05) is 29.5 Å². The second-order valence-electron chi connectivity index (χ2n) is 4.62. The fourth-order valence-electron chi connectivity index (χ4n) is 2.29. The van der Waals surface area contributed by atoms with Crippen molar-refractivity contribution in [2.75, 3.05) is 0 Å². The van der Waals surface area contributed by atoms with Crippen LogP contribution in [0.3, 0.4) is 0 Å². The molecule has 7 heteroatoms. The number of rotatable bonds is 2. The van der Waals surface area contributed by atoms with E-state index >= 15 is 0 Å². The summed E-state index contributed by atoms with van der Waals surface area (Å²) in [5.41, 5.74) is 2.88. The number of nitrogens with zero attached hydrogens (tertiary/aromatic N) is 3. The van der Waals surface area contributed by atoms with E-state index in [1.807, 2.05) is 35.7 Å². The summed E-state index contributed by atoms with van der Waals surface area (Å²) in [4.78, 5) is 9.36. The molecule has 0 fully saturated rings. The third-order valence-electron chi connectivity index (χ3n) is 3.30. The Bertz CT molecular complexity index is 964. The lowest BCUT2D eigenvalue weighted by Crippen LogP contribution is -2.09. The number of aromatic nitrogens is 2. The molecule has 1 aliphatic heterocycles. The third-order valence-corrected chi connectivity index (χ3v) is 4.95. The first kappa shape index (κ1) is 13.2. The Kier molecular flexibility index (Phi) is 3.02. The molecule has 108 valence electrons. The quantitative estimate of drug-likeness (QED) is 0.757. The number of thiazole rings is 2. The largest absolute Gasteiger partial charge is 0.493 e. The first-order valence-corrected chi connectivity index (χ1v) is 8.18. The minimum atomic E-state index is 0.0373. The van der Waals surface area contributed by atoms with Crippen molar-refractivity contribution in [2.45, 2.75) is 0 Å². The SMILES string of the molecule is N=c1sc(/C=C2\C=Nc3ccccc32)c(O)n1-c1nccs1. The van der Waals surface area contributed by atoms with Gasteiger partial charge < -0.3 is 5.11 Å². The van der Waals surface area contributed by atoms with Crippen molar-refractivity contribution in [3.63, 3.8) is 0 Å². The summed E-state index contributed by atoms with van der Waals surface area (Å²) in [7, 11) is 0. The van der Waals surface area contributed by atoms with Gasteiger partial charge in [0.05, 0.1) is 10.6 Å². The van der Waals surface area contributed by atoms with Gasteiger partial charge in [0.2, 0.25) is 5.88 Å². The van der Waals surface area contributed by atoms with Crippen molar-refractivity contribution in [1.82, 2.24) is 9.55 Å². The van der Waals surface area contributed by atoms with E-state index in [2.05, 4.69) is 9.98 Å². The van der Waals surface area contributed by atoms with Crippen LogP contribution in [0.5, 0.6) is 5.88 Å². The second-order valence-corrected chi connectivity index (χ2v) is 6.52. The predicted molar refractivity (Wildman–Crippen MR) is 89.3 cm³/mol. The Morgan fingerprint density at radius 1 is 1.27 bits per heavy atom. The van der Waals surface area contributed by atoms with E-state index in [-0.39, 0.29) is 10.7 Å². The van der Waals surface area contributed by atoms with Gasteiger partial charge >= 0.3 is 0 Å². The summed E-state index contributed by atoms with van der Waals surface area (Å²) >= 11 is 2.59. The molecule has 0 aliphatic carbocycles. The second kappa shape index (κ2) is 5.04. The fraction of sp³-hybridized carbons (Fsp3) is 0. The summed E-state index contributed by atoms with van der Waals surface area (Å²) in [6.45, 7) is 0. The van der Waals surface area contributed by atoms with Crippen LogP contribution in [-0.2, 0) is 0 Å². The molecule has 0 bridgehead atoms. The molecule has 3 heterocycles. The monoisotopic (exact) mass is 326 g/mol. The molecular formula is C15H10N4OS2. The van der Waals surface area contributed by atoms with E-state index in [0.29, 0.717) is 10.0 Å². The molecule has 0 saturated heterocycles. The molecule has 0 unspecified atom stereocenters. The molecule has 1 aromatic carbocycles. The van der Waals surface area contributed by atoms with E-state index in [1.54, 1.807) is 12.4 Å². The average Bonchev–Trinajstić information content (AvgIpc) is 3.22. The zero-order valence-corrected chi connectivity index (χ0v) is 12.9. The van der Waals surface area contributed by atoms with E-state index in [0.717, 1.165) is 16.8 Å². The minimum absolute atomic E-state index is 0.0373. The molecule has 1 aliphatic rings. The summed E-state index contributed by atoms with van der Waals surface area (Å²) < 4.78 is 1.44. The zero-order valence-electron chi connectivity index (χ0n) is 11.2. The molecular weight excluding hydrogens is 316 g/mol. The first-order valence-electron chi connectivity index (χ1n) is 6.48. The van der Waals surface area contributed by atoms with Crippen LogP contribution in [0.15, 0.2) is 40.8 Å². The van der Waals surface area contributed by atoms with Crippen LogP contribution < -0.4 is 4.80 Å². The van der Waals surface area contributed by atoms with Gasteiger partial charge in [-0.2, -0.15) is 0 Å². The number of nitrogens with one attached hydrogen (secondary N) is 1. The Morgan fingerprint density at radius 2 is 2.14 bits per heavy atom. The lowest BCUT2D eigenvalue weighted by atomic mass is 10.1. The maximum atomic E-state index is 10.4. The number of fused-ring (bicyclic) bond motifs is 1. The number of allylic oxidation sites excluding steroid dienone is 1. The van der Waals surface area contributed by atoms with Gasteiger partial charge in [-0.15, -0.1) is 11.3 Å². The third kappa shape index (κ3) is 2.02.